The highest BCUT2D eigenvalue weighted by Gasteiger charge is 2.22. The van der Waals surface area contributed by atoms with Gasteiger partial charge in [-0.05, 0) is 31.5 Å². The number of pyridine rings is 1. The SMILES string of the molecule is CCOC(=O)c1c(-c2ccccc2)csc1NC(=O)CNC(C)c1ccccn1. The molecule has 1 aromatic carbocycles. The average Bonchev–Trinajstić information content (AvgIpc) is 3.17. The molecule has 0 aliphatic heterocycles. The summed E-state index contributed by atoms with van der Waals surface area (Å²) in [6.07, 6.45) is 1.72. The number of nitrogens with one attached hydrogen (secondary N) is 2. The standard InChI is InChI=1S/C22H23N3O3S/c1-3-28-22(27)20-17(16-9-5-4-6-10-16)14-29-21(20)25-19(26)13-24-15(2)18-11-7-8-12-23-18/h4-12,14-15,24H,3,13H2,1-2H3,(H,25,26). The summed E-state index contributed by atoms with van der Waals surface area (Å²) in [6.45, 7) is 4.06. The molecule has 0 bridgehead atoms. The van der Waals surface area contributed by atoms with Crippen molar-refractivity contribution in [1.29, 1.82) is 0 Å². The van der Waals surface area contributed by atoms with E-state index < -0.39 is 5.97 Å². The van der Waals surface area contributed by atoms with Gasteiger partial charge in [0.2, 0.25) is 5.91 Å². The Hall–Kier alpha value is -3.03. The van der Waals surface area contributed by atoms with Crippen LogP contribution >= 0.6 is 11.3 Å². The zero-order chi connectivity index (χ0) is 20.6. The van der Waals surface area contributed by atoms with Crippen LogP contribution in [-0.2, 0) is 9.53 Å². The van der Waals surface area contributed by atoms with Crippen LogP contribution < -0.4 is 10.6 Å². The van der Waals surface area contributed by atoms with Crippen molar-refractivity contribution in [3.63, 3.8) is 0 Å². The molecule has 0 aliphatic rings. The van der Waals surface area contributed by atoms with Crippen molar-refractivity contribution in [2.75, 3.05) is 18.5 Å². The molecule has 1 amide bonds. The van der Waals surface area contributed by atoms with Gasteiger partial charge in [-0.3, -0.25) is 9.78 Å². The molecular formula is C22H23N3O3S. The number of carbonyl (C=O) groups excluding carboxylic acids is 2. The molecule has 0 spiro atoms. The maximum absolute atomic E-state index is 12.6. The lowest BCUT2D eigenvalue weighted by molar-refractivity contribution is -0.115. The molecule has 0 fully saturated rings. The summed E-state index contributed by atoms with van der Waals surface area (Å²) in [5.41, 5.74) is 2.89. The van der Waals surface area contributed by atoms with Gasteiger partial charge < -0.3 is 15.4 Å². The van der Waals surface area contributed by atoms with Gasteiger partial charge in [-0.2, -0.15) is 0 Å². The summed E-state index contributed by atoms with van der Waals surface area (Å²) in [4.78, 5) is 29.3. The molecule has 2 N–H and O–H groups in total. The Balaban J connectivity index is 1.73. The normalized spacial score (nSPS) is 11.7. The van der Waals surface area contributed by atoms with Crippen LogP contribution in [-0.4, -0.2) is 30.0 Å². The van der Waals surface area contributed by atoms with Crippen LogP contribution in [0.15, 0.2) is 60.1 Å². The summed E-state index contributed by atoms with van der Waals surface area (Å²) in [5.74, 6) is -0.683. The number of carbonyl (C=O) groups is 2. The van der Waals surface area contributed by atoms with Gasteiger partial charge in [-0.25, -0.2) is 4.79 Å². The Labute approximate surface area is 173 Å². The number of ether oxygens (including phenoxy) is 1. The number of aromatic nitrogens is 1. The Morgan fingerprint density at radius 2 is 1.90 bits per heavy atom. The molecule has 1 unspecified atom stereocenters. The van der Waals surface area contributed by atoms with Crippen LogP contribution in [0.25, 0.3) is 11.1 Å². The number of benzene rings is 1. The monoisotopic (exact) mass is 409 g/mol. The van der Waals surface area contributed by atoms with Crippen molar-refractivity contribution in [2.24, 2.45) is 0 Å². The Morgan fingerprint density at radius 3 is 2.59 bits per heavy atom. The van der Waals surface area contributed by atoms with Crippen LogP contribution in [0.5, 0.6) is 0 Å². The summed E-state index contributed by atoms with van der Waals surface area (Å²) < 4.78 is 5.22. The molecule has 6 nitrogen and oxygen atoms in total. The van der Waals surface area contributed by atoms with E-state index in [1.54, 1.807) is 13.1 Å². The van der Waals surface area contributed by atoms with Gasteiger partial charge in [0.1, 0.15) is 10.6 Å². The fourth-order valence-corrected chi connectivity index (χ4v) is 3.81. The zero-order valence-electron chi connectivity index (χ0n) is 16.3. The minimum absolute atomic E-state index is 0.0744. The van der Waals surface area contributed by atoms with Gasteiger partial charge in [-0.1, -0.05) is 36.4 Å². The quantitative estimate of drug-likeness (QED) is 0.543. The Morgan fingerprint density at radius 1 is 1.14 bits per heavy atom. The maximum Gasteiger partial charge on any atom is 0.341 e. The first-order valence-corrected chi connectivity index (χ1v) is 10.3. The van der Waals surface area contributed by atoms with E-state index in [9.17, 15) is 9.59 Å². The molecule has 0 saturated heterocycles. The molecule has 0 aliphatic carbocycles. The number of amides is 1. The number of rotatable bonds is 8. The summed E-state index contributed by atoms with van der Waals surface area (Å²) >= 11 is 1.31. The molecular weight excluding hydrogens is 386 g/mol. The molecule has 2 heterocycles. The average molecular weight is 410 g/mol. The van der Waals surface area contributed by atoms with Crippen molar-refractivity contribution in [3.05, 3.63) is 71.4 Å². The van der Waals surface area contributed by atoms with Crippen LogP contribution in [0, 0.1) is 0 Å². The molecule has 3 aromatic rings. The highest BCUT2D eigenvalue weighted by Crippen LogP contribution is 2.36. The second-order valence-electron chi connectivity index (χ2n) is 6.35. The third kappa shape index (κ3) is 5.28. The first-order chi connectivity index (χ1) is 14.1. The molecule has 2 aromatic heterocycles. The summed E-state index contributed by atoms with van der Waals surface area (Å²) in [7, 11) is 0. The largest absolute Gasteiger partial charge is 0.462 e. The molecule has 7 heteroatoms. The van der Waals surface area contributed by atoms with Crippen LogP contribution in [0.1, 0.15) is 35.9 Å². The summed E-state index contributed by atoms with van der Waals surface area (Å²) in [6, 6.07) is 15.2. The van der Waals surface area contributed by atoms with E-state index in [0.717, 1.165) is 16.8 Å². The van der Waals surface area contributed by atoms with Gasteiger partial charge >= 0.3 is 5.97 Å². The van der Waals surface area contributed by atoms with Crippen LogP contribution in [0.3, 0.4) is 0 Å². The van der Waals surface area contributed by atoms with E-state index in [-0.39, 0.29) is 25.1 Å². The van der Waals surface area contributed by atoms with Gasteiger partial charge in [0.15, 0.2) is 0 Å². The van der Waals surface area contributed by atoms with Gasteiger partial charge in [0, 0.05) is 23.2 Å². The number of hydrogen-bond donors (Lipinski definition) is 2. The van der Waals surface area contributed by atoms with Crippen molar-refractivity contribution in [2.45, 2.75) is 19.9 Å². The number of thiophene rings is 1. The predicted molar refractivity (Wildman–Crippen MR) is 115 cm³/mol. The number of esters is 1. The molecule has 150 valence electrons. The van der Waals surface area contributed by atoms with E-state index >= 15 is 0 Å². The van der Waals surface area contributed by atoms with Gasteiger partial charge in [-0.15, -0.1) is 11.3 Å². The van der Waals surface area contributed by atoms with E-state index in [0.29, 0.717) is 10.6 Å². The number of hydrogen-bond acceptors (Lipinski definition) is 6. The number of anilines is 1. The van der Waals surface area contributed by atoms with Crippen molar-refractivity contribution < 1.29 is 14.3 Å². The molecule has 3 rings (SSSR count). The van der Waals surface area contributed by atoms with E-state index in [1.807, 2.05) is 60.8 Å². The van der Waals surface area contributed by atoms with Gasteiger partial charge in [0.25, 0.3) is 0 Å². The zero-order valence-corrected chi connectivity index (χ0v) is 17.2. The third-order valence-electron chi connectivity index (χ3n) is 4.31. The first-order valence-electron chi connectivity index (χ1n) is 9.38. The van der Waals surface area contributed by atoms with Crippen molar-refractivity contribution in [3.8, 4) is 11.1 Å². The fourth-order valence-electron chi connectivity index (χ4n) is 2.84. The lowest BCUT2D eigenvalue weighted by Gasteiger charge is -2.13. The lowest BCUT2D eigenvalue weighted by atomic mass is 10.0. The minimum atomic E-state index is -0.447. The second-order valence-corrected chi connectivity index (χ2v) is 7.23. The number of nitrogens with zero attached hydrogens (tertiary/aromatic N) is 1. The fraction of sp³-hybridized carbons (Fsp3) is 0.227. The van der Waals surface area contributed by atoms with E-state index in [1.165, 1.54) is 11.3 Å². The predicted octanol–water partition coefficient (Wildman–Crippen LogP) is 4.28. The van der Waals surface area contributed by atoms with E-state index in [2.05, 4.69) is 15.6 Å². The molecule has 1 atom stereocenters. The maximum atomic E-state index is 12.6. The lowest BCUT2D eigenvalue weighted by Crippen LogP contribution is -2.30. The molecule has 0 radical (unpaired) electrons. The minimum Gasteiger partial charge on any atom is -0.462 e. The van der Waals surface area contributed by atoms with Crippen molar-refractivity contribution in [1.82, 2.24) is 10.3 Å². The Kier molecular flexibility index (Phi) is 7.10. The highest BCUT2D eigenvalue weighted by molar-refractivity contribution is 7.15. The first kappa shape index (κ1) is 20.7. The van der Waals surface area contributed by atoms with Crippen LogP contribution in [0.4, 0.5) is 5.00 Å². The Bertz CT molecular complexity index is 958. The third-order valence-corrected chi connectivity index (χ3v) is 5.20. The van der Waals surface area contributed by atoms with Gasteiger partial charge in [0.05, 0.1) is 18.8 Å². The highest BCUT2D eigenvalue weighted by atomic mass is 32.1. The van der Waals surface area contributed by atoms with Crippen LogP contribution in [0.2, 0.25) is 0 Å². The summed E-state index contributed by atoms with van der Waals surface area (Å²) in [5, 5.41) is 8.34. The topological polar surface area (TPSA) is 80.3 Å². The van der Waals surface area contributed by atoms with E-state index in [4.69, 9.17) is 4.74 Å². The smallest absolute Gasteiger partial charge is 0.341 e. The molecule has 29 heavy (non-hydrogen) atoms. The van der Waals surface area contributed by atoms with Crippen molar-refractivity contribution >= 4 is 28.2 Å². The molecule has 0 saturated carbocycles. The second kappa shape index (κ2) is 9.95.